The summed E-state index contributed by atoms with van der Waals surface area (Å²) in [5, 5.41) is 0. The zero-order valence-electron chi connectivity index (χ0n) is 6.93. The molecule has 1 fully saturated rings. The zero-order chi connectivity index (χ0) is 9.35. The van der Waals surface area contributed by atoms with Crippen LogP contribution in [0.15, 0.2) is 0 Å². The van der Waals surface area contributed by atoms with Gasteiger partial charge in [-0.25, -0.2) is 0 Å². The number of likely N-dealkylation sites (tertiary alicyclic amines) is 1. The average molecular weight is 182 g/mol. The molecule has 2 unspecified atom stereocenters. The third-order valence-electron chi connectivity index (χ3n) is 2.28. The molecular weight excluding hydrogens is 169 g/mol. The molecule has 1 heterocycles. The fraction of sp³-hybridized carbons (Fsp3) is 1.00. The van der Waals surface area contributed by atoms with Crippen LogP contribution in [0.2, 0.25) is 0 Å². The lowest BCUT2D eigenvalue weighted by Crippen LogP contribution is -2.43. The number of halogens is 3. The first-order chi connectivity index (χ1) is 5.41. The van der Waals surface area contributed by atoms with Crippen LogP contribution in [-0.2, 0) is 0 Å². The summed E-state index contributed by atoms with van der Waals surface area (Å²) in [5.41, 5.74) is 5.50. The van der Waals surface area contributed by atoms with Crippen LogP contribution in [0.1, 0.15) is 13.3 Å². The smallest absolute Gasteiger partial charge is 0.326 e. The Labute approximate surface area is 69.5 Å². The molecule has 2 N–H and O–H groups in total. The van der Waals surface area contributed by atoms with E-state index >= 15 is 0 Å². The normalized spacial score (nSPS) is 29.2. The summed E-state index contributed by atoms with van der Waals surface area (Å²) in [6, 6.07) is -1.44. The molecule has 0 aromatic carbocycles. The van der Waals surface area contributed by atoms with E-state index in [2.05, 4.69) is 0 Å². The van der Waals surface area contributed by atoms with Crippen molar-refractivity contribution in [1.82, 2.24) is 4.90 Å². The second-order valence-electron chi connectivity index (χ2n) is 3.26. The van der Waals surface area contributed by atoms with Gasteiger partial charge >= 0.3 is 6.18 Å². The summed E-state index contributed by atoms with van der Waals surface area (Å²) in [6.07, 6.45) is -3.45. The highest BCUT2D eigenvalue weighted by molar-refractivity contribution is 4.84. The maximum atomic E-state index is 12.1. The van der Waals surface area contributed by atoms with E-state index in [1.54, 1.807) is 0 Å². The highest BCUT2D eigenvalue weighted by Crippen LogP contribution is 2.26. The Balaban J connectivity index is 2.48. The summed E-state index contributed by atoms with van der Waals surface area (Å²) >= 11 is 0. The first kappa shape index (κ1) is 9.80. The van der Waals surface area contributed by atoms with E-state index in [-0.39, 0.29) is 6.04 Å². The Morgan fingerprint density at radius 3 is 2.42 bits per heavy atom. The van der Waals surface area contributed by atoms with E-state index in [1.165, 1.54) is 11.8 Å². The largest absolute Gasteiger partial charge is 0.403 e. The minimum absolute atomic E-state index is 0.0881. The highest BCUT2D eigenvalue weighted by Gasteiger charge is 2.41. The Morgan fingerprint density at radius 1 is 1.50 bits per heavy atom. The van der Waals surface area contributed by atoms with Gasteiger partial charge < -0.3 is 5.73 Å². The molecule has 0 aliphatic carbocycles. The Bertz CT molecular complexity index is 157. The Hall–Kier alpha value is -0.290. The number of hydrogen-bond acceptors (Lipinski definition) is 2. The van der Waals surface area contributed by atoms with E-state index in [9.17, 15) is 13.2 Å². The molecule has 2 nitrogen and oxygen atoms in total. The fourth-order valence-electron chi connectivity index (χ4n) is 1.37. The average Bonchev–Trinajstić information content (AvgIpc) is 2.32. The van der Waals surface area contributed by atoms with Crippen LogP contribution < -0.4 is 5.73 Å². The van der Waals surface area contributed by atoms with E-state index in [0.29, 0.717) is 19.5 Å². The van der Waals surface area contributed by atoms with Gasteiger partial charge in [0.25, 0.3) is 0 Å². The third kappa shape index (κ3) is 2.10. The van der Waals surface area contributed by atoms with Gasteiger partial charge in [0.15, 0.2) is 0 Å². The maximum Gasteiger partial charge on any atom is 0.403 e. The summed E-state index contributed by atoms with van der Waals surface area (Å²) in [6.45, 7) is 2.00. The highest BCUT2D eigenvalue weighted by atomic mass is 19.4. The van der Waals surface area contributed by atoms with Crippen LogP contribution in [0.25, 0.3) is 0 Å². The lowest BCUT2D eigenvalue weighted by Gasteiger charge is -2.25. The molecule has 2 atom stereocenters. The molecule has 1 aliphatic heterocycles. The van der Waals surface area contributed by atoms with Crippen molar-refractivity contribution in [2.75, 3.05) is 13.1 Å². The molecule has 12 heavy (non-hydrogen) atoms. The molecule has 1 rings (SSSR count). The van der Waals surface area contributed by atoms with Gasteiger partial charge in [-0.05, 0) is 13.3 Å². The Morgan fingerprint density at radius 2 is 2.08 bits per heavy atom. The monoisotopic (exact) mass is 182 g/mol. The van der Waals surface area contributed by atoms with Crippen molar-refractivity contribution in [2.24, 2.45) is 5.73 Å². The van der Waals surface area contributed by atoms with Gasteiger partial charge in [-0.15, -0.1) is 0 Å². The van der Waals surface area contributed by atoms with Crippen molar-refractivity contribution < 1.29 is 13.2 Å². The molecule has 0 spiro atoms. The number of alkyl halides is 3. The molecule has 0 radical (unpaired) electrons. The number of nitrogens with two attached hydrogens (primary N) is 1. The quantitative estimate of drug-likeness (QED) is 0.654. The molecule has 0 aromatic heterocycles. The predicted octanol–water partition coefficient (Wildman–Crippen LogP) is 0.970. The van der Waals surface area contributed by atoms with E-state index in [0.717, 1.165) is 0 Å². The van der Waals surface area contributed by atoms with E-state index in [1.807, 2.05) is 0 Å². The van der Waals surface area contributed by atoms with Gasteiger partial charge in [-0.2, -0.15) is 13.2 Å². The summed E-state index contributed by atoms with van der Waals surface area (Å²) in [4.78, 5) is 1.38. The number of rotatable bonds is 1. The molecule has 5 heteroatoms. The Kier molecular flexibility index (Phi) is 2.63. The van der Waals surface area contributed by atoms with E-state index < -0.39 is 12.2 Å². The summed E-state index contributed by atoms with van der Waals surface area (Å²) in [5.74, 6) is 0. The first-order valence-corrected chi connectivity index (χ1v) is 3.97. The lowest BCUT2D eigenvalue weighted by atomic mass is 10.3. The van der Waals surface area contributed by atoms with Gasteiger partial charge in [-0.3, -0.25) is 4.90 Å². The standard InChI is InChI=1S/C7H13F3N2/c1-5(7(8,9)10)12-3-2-6(11)4-12/h5-6H,2-4,11H2,1H3. The fourth-order valence-corrected chi connectivity index (χ4v) is 1.37. The molecule has 72 valence electrons. The van der Waals surface area contributed by atoms with Crippen LogP contribution in [0.4, 0.5) is 13.2 Å². The van der Waals surface area contributed by atoms with Gasteiger partial charge in [0, 0.05) is 19.1 Å². The predicted molar refractivity (Wildman–Crippen MR) is 39.7 cm³/mol. The summed E-state index contributed by atoms with van der Waals surface area (Å²) in [7, 11) is 0. The molecule has 0 aromatic rings. The number of hydrogen-bond donors (Lipinski definition) is 1. The van der Waals surface area contributed by atoms with Crippen molar-refractivity contribution in [2.45, 2.75) is 31.6 Å². The van der Waals surface area contributed by atoms with Crippen molar-refractivity contribution >= 4 is 0 Å². The van der Waals surface area contributed by atoms with Crippen molar-refractivity contribution in [1.29, 1.82) is 0 Å². The van der Waals surface area contributed by atoms with E-state index in [4.69, 9.17) is 5.73 Å². The summed E-state index contributed by atoms with van der Waals surface area (Å²) < 4.78 is 36.4. The second kappa shape index (κ2) is 3.22. The minimum Gasteiger partial charge on any atom is -0.326 e. The number of nitrogens with zero attached hydrogens (tertiary/aromatic N) is 1. The first-order valence-electron chi connectivity index (χ1n) is 3.97. The van der Waals surface area contributed by atoms with Crippen LogP contribution in [0, 0.1) is 0 Å². The van der Waals surface area contributed by atoms with Crippen molar-refractivity contribution in [3.05, 3.63) is 0 Å². The van der Waals surface area contributed by atoms with Crippen molar-refractivity contribution in [3.63, 3.8) is 0 Å². The minimum atomic E-state index is -4.12. The second-order valence-corrected chi connectivity index (χ2v) is 3.26. The van der Waals surface area contributed by atoms with Crippen molar-refractivity contribution in [3.8, 4) is 0 Å². The molecule has 0 saturated carbocycles. The third-order valence-corrected chi connectivity index (χ3v) is 2.28. The van der Waals surface area contributed by atoms with Crippen LogP contribution in [0.3, 0.4) is 0 Å². The van der Waals surface area contributed by atoms with Gasteiger partial charge in [0.2, 0.25) is 0 Å². The van der Waals surface area contributed by atoms with Crippen LogP contribution in [0.5, 0.6) is 0 Å². The van der Waals surface area contributed by atoms with Gasteiger partial charge in [0.05, 0.1) is 0 Å². The SMILES string of the molecule is CC(N1CCC(N)C1)C(F)(F)F. The van der Waals surface area contributed by atoms with Gasteiger partial charge in [0.1, 0.15) is 6.04 Å². The molecular formula is C7H13F3N2. The molecule has 0 bridgehead atoms. The lowest BCUT2D eigenvalue weighted by molar-refractivity contribution is -0.176. The maximum absolute atomic E-state index is 12.1. The zero-order valence-corrected chi connectivity index (χ0v) is 6.93. The van der Waals surface area contributed by atoms with Crippen LogP contribution >= 0.6 is 0 Å². The topological polar surface area (TPSA) is 29.3 Å². The van der Waals surface area contributed by atoms with Crippen LogP contribution in [-0.4, -0.2) is 36.2 Å². The van der Waals surface area contributed by atoms with Gasteiger partial charge in [-0.1, -0.05) is 0 Å². The molecule has 0 amide bonds. The molecule has 1 aliphatic rings. The molecule has 1 saturated heterocycles.